The van der Waals surface area contributed by atoms with E-state index in [2.05, 4.69) is 16.4 Å². The van der Waals surface area contributed by atoms with E-state index < -0.39 is 0 Å². The zero-order chi connectivity index (χ0) is 12.3. The Hall–Kier alpha value is -1.61. The van der Waals surface area contributed by atoms with Crippen molar-refractivity contribution in [1.29, 1.82) is 0 Å². The quantitative estimate of drug-likeness (QED) is 0.849. The monoisotopic (exact) mass is 230 g/mol. The molecule has 0 saturated heterocycles. The summed E-state index contributed by atoms with van der Waals surface area (Å²) in [6.07, 6.45) is 0.423. The predicted molar refractivity (Wildman–Crippen MR) is 71.1 cm³/mol. The number of aliphatic hydroxyl groups excluding tert-OH is 1. The summed E-state index contributed by atoms with van der Waals surface area (Å²) < 4.78 is 0. The van der Waals surface area contributed by atoms with Gasteiger partial charge in [-0.05, 0) is 38.5 Å². The van der Waals surface area contributed by atoms with Crippen molar-refractivity contribution < 1.29 is 5.11 Å². The number of para-hydroxylation sites is 1. The van der Waals surface area contributed by atoms with E-state index in [0.29, 0.717) is 6.42 Å². The van der Waals surface area contributed by atoms with Crippen molar-refractivity contribution in [2.75, 3.05) is 5.32 Å². The van der Waals surface area contributed by atoms with Crippen LogP contribution in [0.5, 0.6) is 0 Å². The van der Waals surface area contributed by atoms with Gasteiger partial charge in [-0.2, -0.15) is 0 Å². The summed E-state index contributed by atoms with van der Waals surface area (Å²) >= 11 is 0. The molecule has 1 aromatic carbocycles. The fourth-order valence-electron chi connectivity index (χ4n) is 1.97. The van der Waals surface area contributed by atoms with Gasteiger partial charge in [0.1, 0.15) is 5.82 Å². The van der Waals surface area contributed by atoms with Crippen LogP contribution < -0.4 is 5.32 Å². The maximum absolute atomic E-state index is 9.31. The largest absolute Gasteiger partial charge is 0.393 e. The highest BCUT2D eigenvalue weighted by atomic mass is 16.3. The van der Waals surface area contributed by atoms with Crippen LogP contribution in [-0.2, 0) is 0 Å². The Labute approximate surface area is 102 Å². The van der Waals surface area contributed by atoms with Crippen molar-refractivity contribution >= 4 is 16.7 Å². The number of nitrogens with one attached hydrogen (secondary N) is 1. The van der Waals surface area contributed by atoms with Crippen LogP contribution in [0.25, 0.3) is 10.9 Å². The summed E-state index contributed by atoms with van der Waals surface area (Å²) in [4.78, 5) is 4.53. The molecule has 2 atom stereocenters. The van der Waals surface area contributed by atoms with E-state index in [-0.39, 0.29) is 12.1 Å². The first-order chi connectivity index (χ1) is 8.15. The van der Waals surface area contributed by atoms with Gasteiger partial charge in [0.2, 0.25) is 0 Å². The van der Waals surface area contributed by atoms with Crippen LogP contribution in [0.15, 0.2) is 36.4 Å². The zero-order valence-corrected chi connectivity index (χ0v) is 10.2. The van der Waals surface area contributed by atoms with Crippen LogP contribution in [-0.4, -0.2) is 22.2 Å². The van der Waals surface area contributed by atoms with E-state index in [0.717, 1.165) is 16.7 Å². The molecule has 0 bridgehead atoms. The van der Waals surface area contributed by atoms with Gasteiger partial charge in [-0.15, -0.1) is 0 Å². The molecule has 3 heteroatoms. The maximum Gasteiger partial charge on any atom is 0.126 e. The Balaban J connectivity index is 2.14. The molecule has 0 aliphatic heterocycles. The normalized spacial score (nSPS) is 14.5. The minimum absolute atomic E-state index is 0.212. The zero-order valence-electron chi connectivity index (χ0n) is 10.2. The summed E-state index contributed by atoms with van der Waals surface area (Å²) in [6, 6.07) is 12.3. The third kappa shape index (κ3) is 3.17. The number of hydrogen-bond acceptors (Lipinski definition) is 3. The van der Waals surface area contributed by atoms with Crippen molar-refractivity contribution in [2.24, 2.45) is 0 Å². The minimum Gasteiger partial charge on any atom is -0.393 e. The van der Waals surface area contributed by atoms with Crippen LogP contribution in [0.1, 0.15) is 20.3 Å². The first-order valence-electron chi connectivity index (χ1n) is 5.95. The standard InChI is InChI=1S/C14H18N2O/c1-10(9-11(2)17)15-14-8-7-12-5-3-4-6-13(12)16-14/h3-8,10-11,17H,9H2,1-2H3,(H,15,16). The molecule has 3 nitrogen and oxygen atoms in total. The summed E-state index contributed by atoms with van der Waals surface area (Å²) in [5, 5.41) is 13.7. The molecule has 1 heterocycles. The molecule has 0 saturated carbocycles. The topological polar surface area (TPSA) is 45.1 Å². The van der Waals surface area contributed by atoms with Gasteiger partial charge in [-0.3, -0.25) is 0 Å². The van der Waals surface area contributed by atoms with Crippen LogP contribution >= 0.6 is 0 Å². The van der Waals surface area contributed by atoms with Crippen molar-refractivity contribution in [3.8, 4) is 0 Å². The van der Waals surface area contributed by atoms with E-state index in [4.69, 9.17) is 0 Å². The lowest BCUT2D eigenvalue weighted by molar-refractivity contribution is 0.179. The lowest BCUT2D eigenvalue weighted by Gasteiger charge is -2.16. The Kier molecular flexibility index (Phi) is 3.59. The number of pyridine rings is 1. The number of nitrogens with zero attached hydrogens (tertiary/aromatic N) is 1. The Morgan fingerprint density at radius 2 is 1.94 bits per heavy atom. The molecule has 2 N–H and O–H groups in total. The minimum atomic E-state index is -0.294. The first kappa shape index (κ1) is 11.9. The number of aromatic nitrogens is 1. The lowest BCUT2D eigenvalue weighted by atomic mass is 10.1. The predicted octanol–water partition coefficient (Wildman–Crippen LogP) is 2.81. The fourth-order valence-corrected chi connectivity index (χ4v) is 1.97. The number of aliphatic hydroxyl groups is 1. The summed E-state index contributed by atoms with van der Waals surface area (Å²) in [6.45, 7) is 3.84. The van der Waals surface area contributed by atoms with Crippen LogP contribution in [0, 0.1) is 0 Å². The summed E-state index contributed by atoms with van der Waals surface area (Å²) in [5.41, 5.74) is 0.988. The van der Waals surface area contributed by atoms with Gasteiger partial charge in [-0.25, -0.2) is 4.98 Å². The van der Waals surface area contributed by atoms with Crippen molar-refractivity contribution in [3.05, 3.63) is 36.4 Å². The van der Waals surface area contributed by atoms with Gasteiger partial charge >= 0.3 is 0 Å². The number of rotatable bonds is 4. The number of benzene rings is 1. The molecule has 90 valence electrons. The molecule has 0 aliphatic carbocycles. The van der Waals surface area contributed by atoms with Gasteiger partial charge in [0.05, 0.1) is 11.6 Å². The van der Waals surface area contributed by atoms with Crippen molar-refractivity contribution in [3.63, 3.8) is 0 Å². The Morgan fingerprint density at radius 3 is 2.71 bits per heavy atom. The first-order valence-corrected chi connectivity index (χ1v) is 5.95. The molecule has 17 heavy (non-hydrogen) atoms. The van der Waals surface area contributed by atoms with Crippen LogP contribution in [0.4, 0.5) is 5.82 Å². The highest BCUT2D eigenvalue weighted by molar-refractivity contribution is 5.80. The lowest BCUT2D eigenvalue weighted by Crippen LogP contribution is -2.21. The SMILES string of the molecule is CC(O)CC(C)Nc1ccc2ccccc2n1. The molecular formula is C14H18N2O. The highest BCUT2D eigenvalue weighted by Crippen LogP contribution is 2.15. The van der Waals surface area contributed by atoms with E-state index in [1.165, 1.54) is 0 Å². The fraction of sp³-hybridized carbons (Fsp3) is 0.357. The molecule has 0 fully saturated rings. The van der Waals surface area contributed by atoms with Crippen LogP contribution in [0.3, 0.4) is 0 Å². The second-order valence-corrected chi connectivity index (χ2v) is 4.52. The van der Waals surface area contributed by atoms with E-state index in [1.807, 2.05) is 37.3 Å². The van der Waals surface area contributed by atoms with Gasteiger partial charge in [0.15, 0.2) is 0 Å². The highest BCUT2D eigenvalue weighted by Gasteiger charge is 2.06. The van der Waals surface area contributed by atoms with Crippen LogP contribution in [0.2, 0.25) is 0 Å². The molecular weight excluding hydrogens is 212 g/mol. The molecule has 1 aromatic heterocycles. The molecule has 2 unspecified atom stereocenters. The molecule has 2 aromatic rings. The van der Waals surface area contributed by atoms with Gasteiger partial charge in [0.25, 0.3) is 0 Å². The third-order valence-electron chi connectivity index (χ3n) is 2.69. The smallest absolute Gasteiger partial charge is 0.126 e. The second kappa shape index (κ2) is 5.15. The average molecular weight is 230 g/mol. The van der Waals surface area contributed by atoms with Crippen molar-refractivity contribution in [2.45, 2.75) is 32.4 Å². The molecule has 0 radical (unpaired) electrons. The van der Waals surface area contributed by atoms with E-state index in [9.17, 15) is 5.11 Å². The third-order valence-corrected chi connectivity index (χ3v) is 2.69. The molecule has 0 aliphatic rings. The molecule has 0 spiro atoms. The van der Waals surface area contributed by atoms with Gasteiger partial charge < -0.3 is 10.4 Å². The Bertz CT molecular complexity index is 496. The van der Waals surface area contributed by atoms with E-state index in [1.54, 1.807) is 6.92 Å². The summed E-state index contributed by atoms with van der Waals surface area (Å²) in [7, 11) is 0. The number of fused-ring (bicyclic) bond motifs is 1. The number of hydrogen-bond donors (Lipinski definition) is 2. The number of anilines is 1. The molecule has 2 rings (SSSR count). The van der Waals surface area contributed by atoms with Gasteiger partial charge in [-0.1, -0.05) is 18.2 Å². The second-order valence-electron chi connectivity index (χ2n) is 4.52. The maximum atomic E-state index is 9.31. The van der Waals surface area contributed by atoms with Gasteiger partial charge in [0, 0.05) is 11.4 Å². The average Bonchev–Trinajstić information content (AvgIpc) is 2.27. The molecule has 0 amide bonds. The van der Waals surface area contributed by atoms with E-state index >= 15 is 0 Å². The summed E-state index contributed by atoms with van der Waals surface area (Å²) in [5.74, 6) is 0.858. The Morgan fingerprint density at radius 1 is 1.18 bits per heavy atom. The van der Waals surface area contributed by atoms with Crippen molar-refractivity contribution in [1.82, 2.24) is 4.98 Å².